The van der Waals surface area contributed by atoms with Crippen molar-refractivity contribution in [3.8, 4) is 22.9 Å². The normalized spacial score (nSPS) is 19.6. The van der Waals surface area contributed by atoms with Crippen molar-refractivity contribution < 1.29 is 19.0 Å². The van der Waals surface area contributed by atoms with Crippen molar-refractivity contribution in [3.05, 3.63) is 52.8 Å². The highest BCUT2D eigenvalue weighted by atomic mass is 16.7. The maximum atomic E-state index is 13.7. The van der Waals surface area contributed by atoms with E-state index < -0.39 is 0 Å². The number of aromatic nitrogens is 4. The van der Waals surface area contributed by atoms with E-state index in [1.807, 2.05) is 42.3 Å². The number of likely N-dealkylation sites (N-methyl/N-ethyl adjacent to an activating group) is 2. The second-order valence-electron chi connectivity index (χ2n) is 9.54. The average molecular weight is 506 g/mol. The molecule has 0 saturated carbocycles. The fourth-order valence-electron chi connectivity index (χ4n) is 5.57. The molecule has 1 aromatic heterocycles. The van der Waals surface area contributed by atoms with Gasteiger partial charge in [0.05, 0.1) is 18.4 Å². The van der Waals surface area contributed by atoms with Crippen LogP contribution in [0.2, 0.25) is 0 Å². The zero-order chi connectivity index (χ0) is 25.5. The van der Waals surface area contributed by atoms with Crippen LogP contribution in [0.1, 0.15) is 40.3 Å². The lowest BCUT2D eigenvalue weighted by Crippen LogP contribution is -2.48. The van der Waals surface area contributed by atoms with Gasteiger partial charge in [-0.05, 0) is 54.2 Å². The SMILES string of the molecule is CCN1CCN(C(=O)c2ccccc2-n2nnnc2C2c3c(cc4c(c3OC)OCO4)CCN2C)CC1. The Morgan fingerprint density at radius 1 is 1.14 bits per heavy atom. The smallest absolute Gasteiger partial charge is 0.256 e. The van der Waals surface area contributed by atoms with Gasteiger partial charge < -0.3 is 24.0 Å². The summed E-state index contributed by atoms with van der Waals surface area (Å²) in [5.41, 5.74) is 3.30. The number of piperazine rings is 1. The molecular weight excluding hydrogens is 474 g/mol. The lowest BCUT2D eigenvalue weighted by molar-refractivity contribution is 0.0643. The highest BCUT2D eigenvalue weighted by Crippen LogP contribution is 2.50. The molecule has 0 spiro atoms. The Labute approximate surface area is 215 Å². The molecule has 2 aromatic carbocycles. The van der Waals surface area contributed by atoms with Crippen molar-refractivity contribution in [2.75, 3.05) is 60.2 Å². The summed E-state index contributed by atoms with van der Waals surface area (Å²) in [5.74, 6) is 2.53. The van der Waals surface area contributed by atoms with Crippen LogP contribution in [-0.2, 0) is 6.42 Å². The molecule has 4 heterocycles. The largest absolute Gasteiger partial charge is 0.492 e. The average Bonchev–Trinajstić information content (AvgIpc) is 3.61. The molecule has 1 amide bonds. The van der Waals surface area contributed by atoms with Gasteiger partial charge in [-0.3, -0.25) is 9.69 Å². The van der Waals surface area contributed by atoms with Gasteiger partial charge in [-0.25, -0.2) is 0 Å². The molecular formula is C26H31N7O4. The fraction of sp³-hybridized carbons (Fsp3) is 0.462. The van der Waals surface area contributed by atoms with Crippen molar-refractivity contribution >= 4 is 5.91 Å². The van der Waals surface area contributed by atoms with E-state index in [9.17, 15) is 4.79 Å². The third-order valence-electron chi connectivity index (χ3n) is 7.60. The van der Waals surface area contributed by atoms with E-state index in [1.165, 1.54) is 0 Å². The van der Waals surface area contributed by atoms with Gasteiger partial charge in [0.15, 0.2) is 17.3 Å². The van der Waals surface area contributed by atoms with Crippen LogP contribution < -0.4 is 14.2 Å². The molecule has 11 heteroatoms. The van der Waals surface area contributed by atoms with E-state index in [4.69, 9.17) is 14.2 Å². The van der Waals surface area contributed by atoms with Crippen LogP contribution in [-0.4, -0.2) is 101 Å². The molecule has 3 aromatic rings. The zero-order valence-electron chi connectivity index (χ0n) is 21.4. The summed E-state index contributed by atoms with van der Waals surface area (Å²) < 4.78 is 19.0. The lowest BCUT2D eigenvalue weighted by atomic mass is 9.90. The summed E-state index contributed by atoms with van der Waals surface area (Å²) in [5, 5.41) is 12.9. The monoisotopic (exact) mass is 505 g/mol. The zero-order valence-corrected chi connectivity index (χ0v) is 21.4. The number of hydrogen-bond acceptors (Lipinski definition) is 9. The van der Waals surface area contributed by atoms with E-state index in [2.05, 4.69) is 32.2 Å². The Balaban J connectivity index is 1.42. The van der Waals surface area contributed by atoms with Gasteiger partial charge in [0.25, 0.3) is 5.91 Å². The Kier molecular flexibility index (Phi) is 6.17. The summed E-state index contributed by atoms with van der Waals surface area (Å²) in [7, 11) is 3.68. The first kappa shape index (κ1) is 23.7. The predicted molar refractivity (Wildman–Crippen MR) is 134 cm³/mol. The molecule has 11 nitrogen and oxygen atoms in total. The van der Waals surface area contributed by atoms with Gasteiger partial charge in [0.2, 0.25) is 12.5 Å². The summed E-state index contributed by atoms with van der Waals surface area (Å²) in [6, 6.07) is 9.27. The summed E-state index contributed by atoms with van der Waals surface area (Å²) in [6.07, 6.45) is 0.829. The molecule has 0 aliphatic carbocycles. The number of methoxy groups -OCH3 is 1. The number of tetrazole rings is 1. The Morgan fingerprint density at radius 3 is 2.73 bits per heavy atom. The number of amides is 1. The molecule has 194 valence electrons. The van der Waals surface area contributed by atoms with Crippen molar-refractivity contribution in [1.29, 1.82) is 0 Å². The molecule has 37 heavy (non-hydrogen) atoms. The molecule has 0 N–H and O–H groups in total. The van der Waals surface area contributed by atoms with Crippen LogP contribution in [0.5, 0.6) is 17.2 Å². The maximum Gasteiger partial charge on any atom is 0.256 e. The first-order valence-corrected chi connectivity index (χ1v) is 12.7. The van der Waals surface area contributed by atoms with Crippen molar-refractivity contribution in [2.45, 2.75) is 19.4 Å². The van der Waals surface area contributed by atoms with Gasteiger partial charge in [-0.1, -0.05) is 19.1 Å². The second-order valence-corrected chi connectivity index (χ2v) is 9.54. The molecule has 6 rings (SSSR count). The molecule has 1 saturated heterocycles. The number of para-hydroxylation sites is 1. The Morgan fingerprint density at radius 2 is 1.95 bits per heavy atom. The summed E-state index contributed by atoms with van der Waals surface area (Å²) in [6.45, 7) is 7.26. The molecule has 1 unspecified atom stereocenters. The number of hydrogen-bond donors (Lipinski definition) is 0. The highest BCUT2D eigenvalue weighted by Gasteiger charge is 2.38. The predicted octanol–water partition coefficient (Wildman–Crippen LogP) is 1.75. The van der Waals surface area contributed by atoms with E-state index in [0.717, 1.165) is 43.7 Å². The first-order chi connectivity index (χ1) is 18.1. The molecule has 0 bridgehead atoms. The molecule has 3 aliphatic heterocycles. The first-order valence-electron chi connectivity index (χ1n) is 12.7. The van der Waals surface area contributed by atoms with Crippen LogP contribution >= 0.6 is 0 Å². The second kappa shape index (κ2) is 9.64. The van der Waals surface area contributed by atoms with E-state index in [-0.39, 0.29) is 18.7 Å². The number of ether oxygens (including phenoxy) is 3. The van der Waals surface area contributed by atoms with Gasteiger partial charge >= 0.3 is 0 Å². The van der Waals surface area contributed by atoms with E-state index in [1.54, 1.807) is 11.8 Å². The molecule has 0 radical (unpaired) electrons. The number of rotatable bonds is 5. The fourth-order valence-corrected chi connectivity index (χ4v) is 5.57. The Hall–Kier alpha value is -3.70. The Bertz CT molecular complexity index is 1320. The molecule has 3 aliphatic rings. The van der Waals surface area contributed by atoms with Gasteiger partial charge in [0.1, 0.15) is 6.04 Å². The van der Waals surface area contributed by atoms with Crippen LogP contribution in [0, 0.1) is 0 Å². The number of nitrogens with zero attached hydrogens (tertiary/aromatic N) is 7. The van der Waals surface area contributed by atoms with E-state index in [0.29, 0.717) is 47.4 Å². The van der Waals surface area contributed by atoms with Crippen LogP contribution in [0.3, 0.4) is 0 Å². The van der Waals surface area contributed by atoms with Crippen molar-refractivity contribution in [3.63, 3.8) is 0 Å². The lowest BCUT2D eigenvalue weighted by Gasteiger charge is -2.35. The molecule has 1 fully saturated rings. The number of fused-ring (bicyclic) bond motifs is 2. The number of carbonyl (C=O) groups excluding carboxylic acids is 1. The van der Waals surface area contributed by atoms with Gasteiger partial charge in [-0.2, -0.15) is 4.68 Å². The van der Waals surface area contributed by atoms with Crippen LogP contribution in [0.4, 0.5) is 0 Å². The molecule has 1 atom stereocenters. The van der Waals surface area contributed by atoms with Crippen LogP contribution in [0.25, 0.3) is 5.69 Å². The van der Waals surface area contributed by atoms with Gasteiger partial charge in [0, 0.05) is 38.3 Å². The summed E-state index contributed by atoms with van der Waals surface area (Å²) in [4.78, 5) is 20.1. The summed E-state index contributed by atoms with van der Waals surface area (Å²) >= 11 is 0. The third-order valence-corrected chi connectivity index (χ3v) is 7.60. The third kappa shape index (κ3) is 3.98. The van der Waals surface area contributed by atoms with Crippen molar-refractivity contribution in [2.24, 2.45) is 0 Å². The minimum atomic E-state index is -0.306. The highest BCUT2D eigenvalue weighted by molar-refractivity contribution is 5.97. The van der Waals surface area contributed by atoms with Crippen molar-refractivity contribution in [1.82, 2.24) is 34.9 Å². The maximum absolute atomic E-state index is 13.7. The van der Waals surface area contributed by atoms with Crippen LogP contribution in [0.15, 0.2) is 30.3 Å². The topological polar surface area (TPSA) is 98.1 Å². The quantitative estimate of drug-likeness (QED) is 0.514. The standard InChI is InChI=1S/C26H31N7O4/c1-4-31-11-13-32(14-12-31)26(34)18-7-5-6-8-19(18)33-25(27-28-29-33)22-21-17(9-10-30(22)2)15-20-23(24(21)35-3)37-16-36-20/h5-8,15,22H,4,9-14,16H2,1-3H3. The number of carbonyl (C=O) groups is 1. The minimum Gasteiger partial charge on any atom is -0.492 e. The number of benzene rings is 2. The van der Waals surface area contributed by atoms with E-state index >= 15 is 0 Å². The minimum absolute atomic E-state index is 0.00819. The van der Waals surface area contributed by atoms with Gasteiger partial charge in [-0.15, -0.1) is 5.10 Å².